The molecule has 0 unspecified atom stereocenters. The Labute approximate surface area is 133 Å². The summed E-state index contributed by atoms with van der Waals surface area (Å²) in [6, 6.07) is 5.01. The number of aryl methyl sites for hydroxylation is 2. The predicted molar refractivity (Wildman–Crippen MR) is 88.3 cm³/mol. The van der Waals surface area contributed by atoms with Gasteiger partial charge in [0.05, 0.1) is 4.90 Å². The van der Waals surface area contributed by atoms with Crippen LogP contribution in [-0.4, -0.2) is 39.4 Å². The Kier molecular flexibility index (Phi) is 7.03. The van der Waals surface area contributed by atoms with Crippen LogP contribution in [0.2, 0.25) is 0 Å². The minimum absolute atomic E-state index is 0.0452. The smallest absolute Gasteiger partial charge is 0.240 e. The highest BCUT2D eigenvalue weighted by molar-refractivity contribution is 7.89. The summed E-state index contributed by atoms with van der Waals surface area (Å²) in [5, 5.41) is 0. The SMILES string of the molecule is CCCCN(C)C(=O)CCNS(=O)(=O)c1ccc(C)c(C)c1. The Morgan fingerprint density at radius 2 is 1.91 bits per heavy atom. The van der Waals surface area contributed by atoms with E-state index in [1.165, 1.54) is 0 Å². The fourth-order valence-corrected chi connectivity index (χ4v) is 3.08. The van der Waals surface area contributed by atoms with Crippen LogP contribution in [0.3, 0.4) is 0 Å². The Hall–Kier alpha value is -1.40. The number of hydrogen-bond donors (Lipinski definition) is 1. The predicted octanol–water partition coefficient (Wildman–Crippen LogP) is 2.23. The van der Waals surface area contributed by atoms with E-state index in [9.17, 15) is 13.2 Å². The van der Waals surface area contributed by atoms with Crippen LogP contribution in [0.5, 0.6) is 0 Å². The molecule has 0 bridgehead atoms. The molecule has 0 saturated carbocycles. The molecule has 22 heavy (non-hydrogen) atoms. The van der Waals surface area contributed by atoms with Crippen molar-refractivity contribution in [3.63, 3.8) is 0 Å². The second-order valence-corrected chi connectivity index (χ2v) is 7.33. The first-order chi connectivity index (χ1) is 10.3. The van der Waals surface area contributed by atoms with Crippen LogP contribution in [0.15, 0.2) is 23.1 Å². The van der Waals surface area contributed by atoms with E-state index < -0.39 is 10.0 Å². The maximum absolute atomic E-state index is 12.2. The van der Waals surface area contributed by atoms with Crippen molar-refractivity contribution in [2.75, 3.05) is 20.1 Å². The van der Waals surface area contributed by atoms with Gasteiger partial charge >= 0.3 is 0 Å². The van der Waals surface area contributed by atoms with Crippen LogP contribution in [0.25, 0.3) is 0 Å². The monoisotopic (exact) mass is 326 g/mol. The molecule has 1 aromatic rings. The summed E-state index contributed by atoms with van der Waals surface area (Å²) in [4.78, 5) is 13.7. The second-order valence-electron chi connectivity index (χ2n) is 5.56. The number of nitrogens with zero attached hydrogens (tertiary/aromatic N) is 1. The molecule has 0 saturated heterocycles. The molecule has 0 aliphatic carbocycles. The van der Waals surface area contributed by atoms with Crippen molar-refractivity contribution < 1.29 is 13.2 Å². The van der Waals surface area contributed by atoms with Crippen LogP contribution >= 0.6 is 0 Å². The Morgan fingerprint density at radius 3 is 2.50 bits per heavy atom. The molecule has 0 fully saturated rings. The molecule has 0 aromatic heterocycles. The molecule has 0 heterocycles. The van der Waals surface area contributed by atoms with Gasteiger partial charge in [0.25, 0.3) is 0 Å². The maximum atomic E-state index is 12.2. The minimum Gasteiger partial charge on any atom is -0.346 e. The molecular weight excluding hydrogens is 300 g/mol. The van der Waals surface area contributed by atoms with Gasteiger partial charge in [0.1, 0.15) is 0 Å². The number of amides is 1. The van der Waals surface area contributed by atoms with Gasteiger partial charge < -0.3 is 4.90 Å². The number of carbonyl (C=O) groups is 1. The Balaban J connectivity index is 2.56. The van der Waals surface area contributed by atoms with Crippen molar-refractivity contribution in [3.05, 3.63) is 29.3 Å². The highest BCUT2D eigenvalue weighted by Gasteiger charge is 2.15. The molecule has 1 N–H and O–H groups in total. The normalized spacial score (nSPS) is 11.5. The summed E-state index contributed by atoms with van der Waals surface area (Å²) in [7, 11) is -1.81. The van der Waals surface area contributed by atoms with Crippen molar-refractivity contribution in [3.8, 4) is 0 Å². The number of carbonyl (C=O) groups excluding carboxylic acids is 1. The Bertz CT molecular complexity index is 612. The van der Waals surface area contributed by atoms with Gasteiger partial charge in [0, 0.05) is 26.6 Å². The first-order valence-electron chi connectivity index (χ1n) is 7.59. The van der Waals surface area contributed by atoms with E-state index in [1.54, 1.807) is 30.1 Å². The molecule has 1 aromatic carbocycles. The molecule has 1 rings (SSSR count). The molecule has 1 amide bonds. The molecular formula is C16H26N2O3S. The van der Waals surface area contributed by atoms with Crippen LogP contribution in [0, 0.1) is 13.8 Å². The quantitative estimate of drug-likeness (QED) is 0.796. The first-order valence-corrected chi connectivity index (χ1v) is 9.07. The molecule has 0 spiro atoms. The maximum Gasteiger partial charge on any atom is 0.240 e. The molecule has 0 radical (unpaired) electrons. The number of benzene rings is 1. The number of sulfonamides is 1. The zero-order valence-corrected chi connectivity index (χ0v) is 14.7. The van der Waals surface area contributed by atoms with Gasteiger partial charge in [-0.05, 0) is 43.5 Å². The minimum atomic E-state index is -3.56. The molecule has 6 heteroatoms. The topological polar surface area (TPSA) is 66.5 Å². The summed E-state index contributed by atoms with van der Waals surface area (Å²) in [5.41, 5.74) is 1.98. The van der Waals surface area contributed by atoms with Gasteiger partial charge in [0.15, 0.2) is 0 Å². The molecule has 124 valence electrons. The van der Waals surface area contributed by atoms with Gasteiger partial charge in [-0.15, -0.1) is 0 Å². The zero-order valence-electron chi connectivity index (χ0n) is 13.8. The first kappa shape index (κ1) is 18.6. The van der Waals surface area contributed by atoms with E-state index in [0.717, 1.165) is 24.0 Å². The van der Waals surface area contributed by atoms with Gasteiger partial charge in [0.2, 0.25) is 15.9 Å². The highest BCUT2D eigenvalue weighted by Crippen LogP contribution is 2.14. The Morgan fingerprint density at radius 1 is 1.23 bits per heavy atom. The lowest BCUT2D eigenvalue weighted by atomic mass is 10.1. The van der Waals surface area contributed by atoms with Gasteiger partial charge in [-0.3, -0.25) is 4.79 Å². The summed E-state index contributed by atoms with van der Waals surface area (Å²) in [6.45, 7) is 6.70. The van der Waals surface area contributed by atoms with Gasteiger partial charge in [-0.2, -0.15) is 0 Å². The molecule has 0 atom stereocenters. The summed E-state index contributed by atoms with van der Waals surface area (Å²) >= 11 is 0. The third-order valence-electron chi connectivity index (χ3n) is 3.69. The van der Waals surface area contributed by atoms with Crippen molar-refractivity contribution in [2.24, 2.45) is 0 Å². The van der Waals surface area contributed by atoms with E-state index in [1.807, 2.05) is 13.8 Å². The zero-order chi connectivity index (χ0) is 16.8. The summed E-state index contributed by atoms with van der Waals surface area (Å²) in [6.07, 6.45) is 2.15. The van der Waals surface area contributed by atoms with Crippen molar-refractivity contribution in [2.45, 2.75) is 44.9 Å². The number of hydrogen-bond acceptors (Lipinski definition) is 3. The van der Waals surface area contributed by atoms with Crippen molar-refractivity contribution >= 4 is 15.9 Å². The number of nitrogens with one attached hydrogen (secondary N) is 1. The molecule has 0 aliphatic heterocycles. The lowest BCUT2D eigenvalue weighted by Crippen LogP contribution is -2.32. The third kappa shape index (κ3) is 5.42. The summed E-state index contributed by atoms with van der Waals surface area (Å²) < 4.78 is 26.9. The van der Waals surface area contributed by atoms with E-state index >= 15 is 0 Å². The van der Waals surface area contributed by atoms with Gasteiger partial charge in [-0.25, -0.2) is 13.1 Å². The fourth-order valence-electron chi connectivity index (χ4n) is 1.97. The molecule has 0 aliphatic rings. The third-order valence-corrected chi connectivity index (χ3v) is 5.15. The van der Waals surface area contributed by atoms with E-state index in [4.69, 9.17) is 0 Å². The van der Waals surface area contributed by atoms with Crippen LogP contribution in [-0.2, 0) is 14.8 Å². The number of unbranched alkanes of at least 4 members (excludes halogenated alkanes) is 1. The fraction of sp³-hybridized carbons (Fsp3) is 0.562. The van der Waals surface area contributed by atoms with Crippen LogP contribution < -0.4 is 4.72 Å². The molecule has 5 nitrogen and oxygen atoms in total. The lowest BCUT2D eigenvalue weighted by Gasteiger charge is -2.16. The average Bonchev–Trinajstić information content (AvgIpc) is 2.47. The second kappa shape index (κ2) is 8.29. The van der Waals surface area contributed by atoms with E-state index in [2.05, 4.69) is 11.6 Å². The van der Waals surface area contributed by atoms with Gasteiger partial charge in [-0.1, -0.05) is 19.4 Å². The van der Waals surface area contributed by atoms with Crippen molar-refractivity contribution in [1.29, 1.82) is 0 Å². The van der Waals surface area contributed by atoms with E-state index in [0.29, 0.717) is 6.54 Å². The number of rotatable bonds is 8. The van der Waals surface area contributed by atoms with Crippen LogP contribution in [0.4, 0.5) is 0 Å². The lowest BCUT2D eigenvalue weighted by molar-refractivity contribution is -0.129. The van der Waals surface area contributed by atoms with E-state index in [-0.39, 0.29) is 23.8 Å². The largest absolute Gasteiger partial charge is 0.346 e. The standard InChI is InChI=1S/C16H26N2O3S/c1-5-6-11-18(4)16(19)9-10-17-22(20,21)15-8-7-13(2)14(3)12-15/h7-8,12,17H,5-6,9-11H2,1-4H3. The van der Waals surface area contributed by atoms with Crippen molar-refractivity contribution in [1.82, 2.24) is 9.62 Å². The average molecular weight is 326 g/mol. The van der Waals surface area contributed by atoms with Crippen LogP contribution in [0.1, 0.15) is 37.3 Å². The highest BCUT2D eigenvalue weighted by atomic mass is 32.2. The summed E-state index contributed by atoms with van der Waals surface area (Å²) in [5.74, 6) is -0.0452.